The van der Waals surface area contributed by atoms with Gasteiger partial charge in [0.05, 0.1) is 12.0 Å². The van der Waals surface area contributed by atoms with E-state index >= 15 is 0 Å². The summed E-state index contributed by atoms with van der Waals surface area (Å²) in [7, 11) is 0. The second-order valence-corrected chi connectivity index (χ2v) is 6.26. The average Bonchev–Trinajstić information content (AvgIpc) is 2.77. The number of rotatable bonds is 1. The average molecular weight is 323 g/mol. The van der Waals surface area contributed by atoms with Gasteiger partial charge in [0.15, 0.2) is 5.78 Å². The second kappa shape index (κ2) is 4.52. The maximum Gasteiger partial charge on any atom is 0.170 e. The van der Waals surface area contributed by atoms with E-state index in [1.54, 1.807) is 11.3 Å². The lowest BCUT2D eigenvalue weighted by molar-refractivity contribution is 0.0854. The monoisotopic (exact) mass is 322 g/mol. The lowest BCUT2D eigenvalue weighted by Gasteiger charge is -2.24. The molecule has 0 N–H and O–H groups in total. The molecule has 1 aromatic heterocycles. The zero-order valence-corrected chi connectivity index (χ0v) is 12.2. The third-order valence-corrected chi connectivity index (χ3v) is 4.77. The van der Waals surface area contributed by atoms with E-state index in [0.29, 0.717) is 17.7 Å². The highest BCUT2D eigenvalue weighted by molar-refractivity contribution is 9.10. The standard InChI is InChI=1S/C14H11BrO2S/c1-8-2-3-12-10(4-8)11(16)6-13(17-12)14-5-9(15)7-18-14/h2-5,7,13H,6H2,1H3. The molecule has 2 heterocycles. The van der Waals surface area contributed by atoms with Crippen molar-refractivity contribution in [3.63, 3.8) is 0 Å². The molecule has 0 fully saturated rings. The van der Waals surface area contributed by atoms with Crippen LogP contribution in [-0.2, 0) is 0 Å². The van der Waals surface area contributed by atoms with Crippen molar-refractivity contribution in [2.24, 2.45) is 0 Å². The molecule has 0 spiro atoms. The van der Waals surface area contributed by atoms with Gasteiger partial charge in [-0.3, -0.25) is 4.79 Å². The van der Waals surface area contributed by atoms with Gasteiger partial charge in [-0.15, -0.1) is 11.3 Å². The van der Waals surface area contributed by atoms with Crippen molar-refractivity contribution in [1.29, 1.82) is 0 Å². The van der Waals surface area contributed by atoms with Gasteiger partial charge in [-0.2, -0.15) is 0 Å². The van der Waals surface area contributed by atoms with Crippen LogP contribution in [0.2, 0.25) is 0 Å². The van der Waals surface area contributed by atoms with Crippen molar-refractivity contribution in [2.75, 3.05) is 0 Å². The Bertz CT molecular complexity index is 618. The zero-order valence-electron chi connectivity index (χ0n) is 9.77. The number of benzene rings is 1. The maximum atomic E-state index is 12.1. The van der Waals surface area contributed by atoms with Gasteiger partial charge in [0.2, 0.25) is 0 Å². The SMILES string of the molecule is Cc1ccc2c(c1)C(=O)CC(c1cc(Br)cs1)O2. The van der Waals surface area contributed by atoms with Gasteiger partial charge in [-0.1, -0.05) is 11.6 Å². The minimum Gasteiger partial charge on any atom is -0.484 e. The fourth-order valence-electron chi connectivity index (χ4n) is 2.09. The topological polar surface area (TPSA) is 26.3 Å². The molecule has 1 atom stereocenters. The van der Waals surface area contributed by atoms with E-state index in [0.717, 1.165) is 14.9 Å². The third kappa shape index (κ3) is 2.10. The van der Waals surface area contributed by atoms with Crippen LogP contribution in [0.1, 0.15) is 33.3 Å². The van der Waals surface area contributed by atoms with Crippen LogP contribution in [0.4, 0.5) is 0 Å². The number of halogens is 1. The van der Waals surface area contributed by atoms with E-state index in [-0.39, 0.29) is 11.9 Å². The molecule has 0 saturated carbocycles. The Morgan fingerprint density at radius 2 is 2.22 bits per heavy atom. The van der Waals surface area contributed by atoms with Crippen LogP contribution >= 0.6 is 27.3 Å². The van der Waals surface area contributed by atoms with Crippen LogP contribution < -0.4 is 4.74 Å². The number of hydrogen-bond acceptors (Lipinski definition) is 3. The van der Waals surface area contributed by atoms with E-state index in [2.05, 4.69) is 15.9 Å². The summed E-state index contributed by atoms with van der Waals surface area (Å²) < 4.78 is 6.96. The number of carbonyl (C=O) groups is 1. The fraction of sp³-hybridized carbons (Fsp3) is 0.214. The van der Waals surface area contributed by atoms with Gasteiger partial charge in [-0.25, -0.2) is 0 Å². The van der Waals surface area contributed by atoms with Crippen LogP contribution in [0.5, 0.6) is 5.75 Å². The first kappa shape index (κ1) is 11.9. The number of fused-ring (bicyclic) bond motifs is 1. The lowest BCUT2D eigenvalue weighted by atomic mass is 9.98. The smallest absolute Gasteiger partial charge is 0.170 e. The first-order chi connectivity index (χ1) is 8.63. The first-order valence-electron chi connectivity index (χ1n) is 5.68. The van der Waals surface area contributed by atoms with Crippen molar-refractivity contribution in [1.82, 2.24) is 0 Å². The Hall–Kier alpha value is -1.13. The molecule has 2 aromatic rings. The van der Waals surface area contributed by atoms with Crippen LogP contribution in [-0.4, -0.2) is 5.78 Å². The van der Waals surface area contributed by atoms with Crippen molar-refractivity contribution < 1.29 is 9.53 Å². The summed E-state index contributed by atoms with van der Waals surface area (Å²) in [5.74, 6) is 0.862. The molecule has 1 aliphatic heterocycles. The second-order valence-electron chi connectivity index (χ2n) is 4.40. The summed E-state index contributed by atoms with van der Waals surface area (Å²) in [5.41, 5.74) is 1.80. The summed E-state index contributed by atoms with van der Waals surface area (Å²) >= 11 is 5.04. The van der Waals surface area contributed by atoms with Crippen molar-refractivity contribution in [2.45, 2.75) is 19.4 Å². The molecule has 1 aromatic carbocycles. The lowest BCUT2D eigenvalue weighted by Crippen LogP contribution is -2.19. The molecule has 0 saturated heterocycles. The Kier molecular flexibility index (Phi) is 2.99. The molecule has 0 radical (unpaired) electrons. The molecule has 18 heavy (non-hydrogen) atoms. The summed E-state index contributed by atoms with van der Waals surface area (Å²) in [6, 6.07) is 7.77. The number of hydrogen-bond donors (Lipinski definition) is 0. The van der Waals surface area contributed by atoms with Gasteiger partial charge in [-0.05, 0) is 41.1 Å². The van der Waals surface area contributed by atoms with Gasteiger partial charge in [0, 0.05) is 14.7 Å². The maximum absolute atomic E-state index is 12.1. The molecule has 92 valence electrons. The van der Waals surface area contributed by atoms with Gasteiger partial charge >= 0.3 is 0 Å². The minimum atomic E-state index is -0.149. The Morgan fingerprint density at radius 1 is 1.39 bits per heavy atom. The molecule has 2 nitrogen and oxygen atoms in total. The molecule has 1 unspecified atom stereocenters. The molecule has 0 amide bonds. The third-order valence-electron chi connectivity index (χ3n) is 2.98. The number of carbonyl (C=O) groups excluding carboxylic acids is 1. The number of thiophene rings is 1. The van der Waals surface area contributed by atoms with E-state index in [9.17, 15) is 4.79 Å². The number of ether oxygens (including phenoxy) is 1. The summed E-state index contributed by atoms with van der Waals surface area (Å²) in [5, 5.41) is 2.01. The van der Waals surface area contributed by atoms with E-state index in [1.807, 2.05) is 36.6 Å². The highest BCUT2D eigenvalue weighted by Gasteiger charge is 2.28. The molecule has 0 aliphatic carbocycles. The van der Waals surface area contributed by atoms with Crippen molar-refractivity contribution in [3.8, 4) is 5.75 Å². The van der Waals surface area contributed by atoms with Crippen molar-refractivity contribution >= 4 is 33.0 Å². The summed E-state index contributed by atoms with van der Waals surface area (Å²) in [6.07, 6.45) is 0.271. The minimum absolute atomic E-state index is 0.149. The number of aryl methyl sites for hydroxylation is 1. The summed E-state index contributed by atoms with van der Waals surface area (Å²) in [4.78, 5) is 13.2. The quantitative estimate of drug-likeness (QED) is 0.771. The molecule has 4 heteroatoms. The Balaban J connectivity index is 1.96. The predicted molar refractivity (Wildman–Crippen MR) is 75.5 cm³/mol. The van der Waals surface area contributed by atoms with Gasteiger partial charge in [0.1, 0.15) is 11.9 Å². The number of Topliss-reactive ketones (excluding diaryl/α,β-unsaturated/α-hetero) is 1. The fourth-order valence-corrected chi connectivity index (χ4v) is 3.57. The van der Waals surface area contributed by atoms with Crippen molar-refractivity contribution in [3.05, 3.63) is 50.1 Å². The van der Waals surface area contributed by atoms with E-state index < -0.39 is 0 Å². The highest BCUT2D eigenvalue weighted by atomic mass is 79.9. The normalized spacial score (nSPS) is 18.3. The van der Waals surface area contributed by atoms with Crippen LogP contribution in [0, 0.1) is 6.92 Å². The molecule has 0 bridgehead atoms. The van der Waals surface area contributed by atoms with E-state index in [4.69, 9.17) is 4.74 Å². The molecule has 1 aliphatic rings. The summed E-state index contributed by atoms with van der Waals surface area (Å²) in [6.45, 7) is 1.98. The number of ketones is 1. The predicted octanol–water partition coefficient (Wildman–Crippen LogP) is 4.53. The van der Waals surface area contributed by atoms with Gasteiger partial charge < -0.3 is 4.74 Å². The molecular formula is C14H11BrO2S. The zero-order chi connectivity index (χ0) is 12.7. The van der Waals surface area contributed by atoms with Crippen LogP contribution in [0.15, 0.2) is 34.1 Å². The van der Waals surface area contributed by atoms with E-state index in [1.165, 1.54) is 0 Å². The first-order valence-corrected chi connectivity index (χ1v) is 7.35. The Labute approximate surface area is 118 Å². The largest absolute Gasteiger partial charge is 0.484 e. The Morgan fingerprint density at radius 3 is 2.94 bits per heavy atom. The van der Waals surface area contributed by atoms with Crippen LogP contribution in [0.25, 0.3) is 0 Å². The molecular weight excluding hydrogens is 312 g/mol. The molecule has 3 rings (SSSR count). The van der Waals surface area contributed by atoms with Crippen LogP contribution in [0.3, 0.4) is 0 Å². The highest BCUT2D eigenvalue weighted by Crippen LogP contribution is 2.38. The van der Waals surface area contributed by atoms with Gasteiger partial charge in [0.25, 0.3) is 0 Å².